The Hall–Kier alpha value is -1.48. The van der Waals surface area contributed by atoms with Gasteiger partial charge in [0.15, 0.2) is 11.5 Å². The van der Waals surface area contributed by atoms with E-state index in [0.717, 1.165) is 0 Å². The topological polar surface area (TPSA) is 265 Å². The first-order valence-electron chi connectivity index (χ1n) is 8.89. The van der Waals surface area contributed by atoms with E-state index in [0.29, 0.717) is 24.0 Å². The average molecular weight is 518 g/mol. The van der Waals surface area contributed by atoms with Crippen LogP contribution in [0.5, 0.6) is 0 Å². The molecule has 3 rings (SSSR count). The number of aromatic nitrogens is 4. The number of phosphoric ester groups is 1. The summed E-state index contributed by atoms with van der Waals surface area (Å²) in [6, 6.07) is 0. The van der Waals surface area contributed by atoms with Crippen molar-refractivity contribution in [3.63, 3.8) is 0 Å². The molecule has 5 atom stereocenters. The summed E-state index contributed by atoms with van der Waals surface area (Å²) in [5.74, 6) is -0.0900. The van der Waals surface area contributed by atoms with Gasteiger partial charge in [0.25, 0.3) is 0 Å². The fourth-order valence-corrected chi connectivity index (χ4v) is 6.26. The third kappa shape index (κ3) is 6.10. The quantitative estimate of drug-likeness (QED) is 0.249. The third-order valence-electron chi connectivity index (χ3n) is 4.40. The second kappa shape index (κ2) is 9.05. The minimum atomic E-state index is -5.60. The molecule has 0 spiro atoms. The second-order valence-corrected chi connectivity index (χ2v) is 11.2. The summed E-state index contributed by atoms with van der Waals surface area (Å²) >= 11 is 0. The number of nitrogens with two attached hydrogens (primary N) is 2. The number of hydrogen-bond acceptors (Lipinski definition) is 12. The SMILES string of the molecule is CCC1CC(COP(=O)(O)OP(=O)(O)OP(=O)(O)O)OC1n1cnc2c(N)nc(N)nc21. The number of phosphoric acid groups is 3. The average Bonchev–Trinajstić information content (AvgIpc) is 3.20. The molecular formula is C12H21N6O11P3. The minimum absolute atomic E-state index is 0.0630. The van der Waals surface area contributed by atoms with Gasteiger partial charge in [0.1, 0.15) is 11.7 Å². The molecule has 20 heteroatoms. The van der Waals surface area contributed by atoms with E-state index in [2.05, 4.69) is 28.1 Å². The van der Waals surface area contributed by atoms with E-state index in [9.17, 15) is 23.5 Å². The zero-order valence-electron chi connectivity index (χ0n) is 16.4. The summed E-state index contributed by atoms with van der Waals surface area (Å²) < 4.78 is 53.5. The first-order chi connectivity index (χ1) is 14.7. The summed E-state index contributed by atoms with van der Waals surface area (Å²) in [6.07, 6.45) is 1.04. The molecule has 0 aliphatic carbocycles. The summed E-state index contributed by atoms with van der Waals surface area (Å²) in [7, 11) is -16.3. The molecular weight excluding hydrogens is 497 g/mol. The van der Waals surface area contributed by atoms with Crippen molar-refractivity contribution in [2.45, 2.75) is 32.1 Å². The Balaban J connectivity index is 1.70. The van der Waals surface area contributed by atoms with Gasteiger partial charge in [-0.3, -0.25) is 9.09 Å². The minimum Gasteiger partial charge on any atom is -0.382 e. The van der Waals surface area contributed by atoms with Gasteiger partial charge >= 0.3 is 23.5 Å². The highest BCUT2D eigenvalue weighted by Gasteiger charge is 2.42. The predicted octanol–water partition coefficient (Wildman–Crippen LogP) is 0.648. The molecule has 1 aliphatic heterocycles. The van der Waals surface area contributed by atoms with Crippen LogP contribution in [0.2, 0.25) is 0 Å². The van der Waals surface area contributed by atoms with E-state index in [1.54, 1.807) is 4.57 Å². The van der Waals surface area contributed by atoms with Gasteiger partial charge in [-0.25, -0.2) is 18.7 Å². The monoisotopic (exact) mass is 518 g/mol. The van der Waals surface area contributed by atoms with Gasteiger partial charge in [-0.15, -0.1) is 0 Å². The fourth-order valence-electron chi connectivity index (χ4n) is 3.21. The van der Waals surface area contributed by atoms with Crippen LogP contribution in [0.25, 0.3) is 11.2 Å². The zero-order valence-corrected chi connectivity index (χ0v) is 19.0. The normalized spacial score (nSPS) is 25.6. The highest BCUT2D eigenvalue weighted by molar-refractivity contribution is 7.66. The Kier molecular flexibility index (Phi) is 7.11. The maximum atomic E-state index is 11.9. The molecule has 2 aromatic heterocycles. The number of ether oxygens (including phenoxy) is 1. The van der Waals surface area contributed by atoms with Crippen molar-refractivity contribution in [3.05, 3.63) is 6.33 Å². The standard InChI is InChI=1S/C12H21N6O11P3/c1-2-6-3-7(4-26-31(22,23)29-32(24,25)28-30(19,20)21)27-11(6)18-5-15-8-9(13)16-12(14)17-10(8)18/h5-7,11H,2-4H2,1H3,(H,22,23)(H,24,25)(H2,19,20,21)(H4,13,14,16,17). The van der Waals surface area contributed by atoms with Gasteiger partial charge in [-0.1, -0.05) is 6.92 Å². The zero-order chi connectivity index (χ0) is 23.9. The van der Waals surface area contributed by atoms with Gasteiger partial charge in [0, 0.05) is 5.92 Å². The molecule has 1 saturated heterocycles. The maximum absolute atomic E-state index is 11.9. The van der Waals surface area contributed by atoms with Crippen LogP contribution in [0.1, 0.15) is 26.0 Å². The van der Waals surface area contributed by atoms with E-state index < -0.39 is 42.4 Å². The van der Waals surface area contributed by atoms with Crippen molar-refractivity contribution in [2.75, 3.05) is 18.1 Å². The molecule has 1 fully saturated rings. The summed E-state index contributed by atoms with van der Waals surface area (Å²) in [4.78, 5) is 48.0. The molecule has 0 aromatic carbocycles. The van der Waals surface area contributed by atoms with Crippen LogP contribution in [0.3, 0.4) is 0 Å². The van der Waals surface area contributed by atoms with E-state index in [-0.39, 0.29) is 17.7 Å². The first kappa shape index (κ1) is 25.1. The molecule has 0 amide bonds. The lowest BCUT2D eigenvalue weighted by Crippen LogP contribution is -2.17. The number of nitrogen functional groups attached to an aromatic ring is 2. The van der Waals surface area contributed by atoms with Crippen LogP contribution in [0.15, 0.2) is 6.33 Å². The molecule has 1 aliphatic rings. The molecule has 2 aromatic rings. The molecule has 0 bridgehead atoms. The van der Waals surface area contributed by atoms with Gasteiger partial charge in [0.05, 0.1) is 19.0 Å². The third-order valence-corrected chi connectivity index (χ3v) is 8.21. The van der Waals surface area contributed by atoms with Crippen LogP contribution in [0.4, 0.5) is 11.8 Å². The van der Waals surface area contributed by atoms with E-state index in [1.165, 1.54) is 6.33 Å². The highest BCUT2D eigenvalue weighted by Crippen LogP contribution is 2.66. The molecule has 180 valence electrons. The Bertz CT molecular complexity index is 1140. The van der Waals surface area contributed by atoms with Crippen molar-refractivity contribution >= 4 is 46.4 Å². The Morgan fingerprint density at radius 1 is 1.16 bits per heavy atom. The Labute approximate surface area is 180 Å². The van der Waals surface area contributed by atoms with Crippen LogP contribution in [0, 0.1) is 5.92 Å². The van der Waals surface area contributed by atoms with Crippen LogP contribution < -0.4 is 11.5 Å². The molecule has 5 unspecified atom stereocenters. The number of fused-ring (bicyclic) bond motifs is 1. The van der Waals surface area contributed by atoms with Gasteiger partial charge < -0.3 is 35.8 Å². The van der Waals surface area contributed by atoms with Gasteiger partial charge in [0.2, 0.25) is 5.95 Å². The lowest BCUT2D eigenvalue weighted by Gasteiger charge is -2.20. The van der Waals surface area contributed by atoms with Crippen molar-refractivity contribution < 1.29 is 51.2 Å². The van der Waals surface area contributed by atoms with Crippen LogP contribution in [-0.2, 0) is 31.6 Å². The van der Waals surface area contributed by atoms with Crippen LogP contribution in [-0.4, -0.2) is 51.8 Å². The van der Waals surface area contributed by atoms with E-state index >= 15 is 0 Å². The summed E-state index contributed by atoms with van der Waals surface area (Å²) in [5.41, 5.74) is 12.1. The molecule has 0 saturated carbocycles. The number of nitrogens with zero attached hydrogens (tertiary/aromatic N) is 4. The van der Waals surface area contributed by atoms with E-state index in [4.69, 9.17) is 26.0 Å². The van der Waals surface area contributed by atoms with Gasteiger partial charge in [-0.05, 0) is 12.8 Å². The van der Waals surface area contributed by atoms with Crippen LogP contribution >= 0.6 is 23.5 Å². The molecule has 17 nitrogen and oxygen atoms in total. The highest BCUT2D eigenvalue weighted by atomic mass is 31.3. The molecule has 32 heavy (non-hydrogen) atoms. The first-order valence-corrected chi connectivity index (χ1v) is 13.4. The van der Waals surface area contributed by atoms with Crippen molar-refractivity contribution in [1.82, 2.24) is 19.5 Å². The number of anilines is 2. The molecule has 8 N–H and O–H groups in total. The van der Waals surface area contributed by atoms with E-state index in [1.807, 2.05) is 6.92 Å². The summed E-state index contributed by atoms with van der Waals surface area (Å²) in [6.45, 7) is 1.34. The Morgan fingerprint density at radius 2 is 1.84 bits per heavy atom. The largest absolute Gasteiger partial charge is 0.490 e. The summed E-state index contributed by atoms with van der Waals surface area (Å²) in [5, 5.41) is 0. The fraction of sp³-hybridized carbons (Fsp3) is 0.583. The van der Waals surface area contributed by atoms with Crippen molar-refractivity contribution in [3.8, 4) is 0 Å². The maximum Gasteiger partial charge on any atom is 0.490 e. The van der Waals surface area contributed by atoms with Crippen molar-refractivity contribution in [2.24, 2.45) is 5.92 Å². The van der Waals surface area contributed by atoms with Gasteiger partial charge in [-0.2, -0.15) is 18.6 Å². The smallest absolute Gasteiger partial charge is 0.382 e. The molecule has 3 heterocycles. The van der Waals surface area contributed by atoms with Crippen molar-refractivity contribution in [1.29, 1.82) is 0 Å². The number of hydrogen-bond donors (Lipinski definition) is 6. The molecule has 0 radical (unpaired) electrons. The number of imidazole rings is 1. The predicted molar refractivity (Wildman–Crippen MR) is 106 cm³/mol. The lowest BCUT2D eigenvalue weighted by atomic mass is 10.0. The second-order valence-electron chi connectivity index (χ2n) is 6.73. The number of rotatable bonds is 9. The Morgan fingerprint density at radius 3 is 2.47 bits per heavy atom. The lowest BCUT2D eigenvalue weighted by molar-refractivity contribution is -0.0310.